The SMILES string of the molecule is Cc1ccc(N(Cc2nc(-c3ccc(CN4CC(C(=O)O)C4)cc3)no2)c2cccc(Cl)c2)cc1C. The van der Waals surface area contributed by atoms with E-state index in [0.717, 1.165) is 29.0 Å². The van der Waals surface area contributed by atoms with Crippen LogP contribution >= 0.6 is 11.6 Å². The summed E-state index contributed by atoms with van der Waals surface area (Å²) in [5.41, 5.74) is 6.35. The van der Waals surface area contributed by atoms with E-state index in [1.165, 1.54) is 11.1 Å². The monoisotopic (exact) mass is 502 g/mol. The van der Waals surface area contributed by atoms with Crippen molar-refractivity contribution in [2.75, 3.05) is 18.0 Å². The number of carbonyl (C=O) groups is 1. The van der Waals surface area contributed by atoms with E-state index in [1.807, 2.05) is 48.5 Å². The molecule has 5 rings (SSSR count). The average molecular weight is 503 g/mol. The highest BCUT2D eigenvalue weighted by Gasteiger charge is 2.32. The van der Waals surface area contributed by atoms with Crippen LogP contribution in [-0.2, 0) is 17.9 Å². The number of rotatable bonds is 8. The lowest BCUT2D eigenvalue weighted by Crippen LogP contribution is -2.49. The van der Waals surface area contributed by atoms with Gasteiger partial charge < -0.3 is 14.5 Å². The smallest absolute Gasteiger partial charge is 0.309 e. The maximum atomic E-state index is 11.0. The molecule has 0 atom stereocenters. The van der Waals surface area contributed by atoms with E-state index in [-0.39, 0.29) is 5.92 Å². The van der Waals surface area contributed by atoms with E-state index < -0.39 is 5.97 Å². The Morgan fingerprint density at radius 3 is 2.50 bits per heavy atom. The van der Waals surface area contributed by atoms with E-state index in [1.54, 1.807) is 0 Å². The zero-order chi connectivity index (χ0) is 25.2. The van der Waals surface area contributed by atoms with Crippen molar-refractivity contribution in [1.29, 1.82) is 0 Å². The van der Waals surface area contributed by atoms with E-state index in [4.69, 9.17) is 21.2 Å². The molecular weight excluding hydrogens is 476 g/mol. The molecule has 4 aromatic rings. The minimum Gasteiger partial charge on any atom is -0.481 e. The Morgan fingerprint density at radius 1 is 1.06 bits per heavy atom. The molecule has 1 saturated heterocycles. The molecule has 1 aliphatic rings. The quantitative estimate of drug-likeness (QED) is 0.323. The summed E-state index contributed by atoms with van der Waals surface area (Å²) in [5.74, 6) is 0.0448. The van der Waals surface area contributed by atoms with Gasteiger partial charge in [0, 0.05) is 41.6 Å². The fraction of sp³-hybridized carbons (Fsp3) is 0.250. The number of aryl methyl sites for hydroxylation is 2. The van der Waals surface area contributed by atoms with Crippen molar-refractivity contribution >= 4 is 28.9 Å². The molecule has 7 nitrogen and oxygen atoms in total. The van der Waals surface area contributed by atoms with Gasteiger partial charge in [0.15, 0.2) is 0 Å². The number of nitrogens with zero attached hydrogens (tertiary/aromatic N) is 4. The highest BCUT2D eigenvalue weighted by Crippen LogP contribution is 2.31. The topological polar surface area (TPSA) is 82.7 Å². The summed E-state index contributed by atoms with van der Waals surface area (Å²) in [5, 5.41) is 13.9. The normalized spacial score (nSPS) is 14.0. The Labute approximate surface area is 214 Å². The number of aromatic nitrogens is 2. The highest BCUT2D eigenvalue weighted by molar-refractivity contribution is 6.30. The molecule has 36 heavy (non-hydrogen) atoms. The molecule has 8 heteroatoms. The predicted molar refractivity (Wildman–Crippen MR) is 139 cm³/mol. The standard InChI is InChI=1S/C28H27ClN4O3/c1-18-6-11-25(12-19(18)2)33(24-5-3-4-23(29)13-24)17-26-30-27(31-36-26)21-9-7-20(8-10-21)14-32-15-22(16-32)28(34)35/h3-13,22H,14-17H2,1-2H3,(H,34,35). The number of carboxylic acid groups (broad SMARTS) is 1. The summed E-state index contributed by atoms with van der Waals surface area (Å²) in [4.78, 5) is 19.9. The number of halogens is 1. The zero-order valence-corrected chi connectivity index (χ0v) is 20.9. The molecule has 1 N–H and O–H groups in total. The molecule has 0 radical (unpaired) electrons. The third kappa shape index (κ3) is 5.27. The van der Waals surface area contributed by atoms with Crippen LogP contribution in [0.5, 0.6) is 0 Å². The van der Waals surface area contributed by atoms with Crippen molar-refractivity contribution in [3.8, 4) is 11.4 Å². The van der Waals surface area contributed by atoms with Crippen LogP contribution in [0.25, 0.3) is 11.4 Å². The molecular formula is C28H27ClN4O3. The minimum atomic E-state index is -0.721. The van der Waals surface area contributed by atoms with Crippen molar-refractivity contribution in [1.82, 2.24) is 15.0 Å². The van der Waals surface area contributed by atoms with E-state index in [0.29, 0.717) is 36.4 Å². The van der Waals surface area contributed by atoms with Crippen molar-refractivity contribution in [3.05, 3.63) is 94.3 Å². The number of aliphatic carboxylic acids is 1. The summed E-state index contributed by atoms with van der Waals surface area (Å²) in [6.45, 7) is 6.49. The molecule has 1 aliphatic heterocycles. The van der Waals surface area contributed by atoms with Gasteiger partial charge in [0.2, 0.25) is 11.7 Å². The number of anilines is 2. The second kappa shape index (κ2) is 10.1. The van der Waals surface area contributed by atoms with E-state index in [9.17, 15) is 4.79 Å². The second-order valence-electron chi connectivity index (χ2n) is 9.27. The molecule has 184 valence electrons. The molecule has 1 aromatic heterocycles. The Hall–Kier alpha value is -3.68. The van der Waals surface area contributed by atoms with Gasteiger partial charge in [-0.15, -0.1) is 0 Å². The third-order valence-electron chi connectivity index (χ3n) is 6.61. The molecule has 0 saturated carbocycles. The van der Waals surface area contributed by atoms with Gasteiger partial charge in [-0.25, -0.2) is 0 Å². The Morgan fingerprint density at radius 2 is 1.81 bits per heavy atom. The molecule has 0 bridgehead atoms. The van der Waals surface area contributed by atoms with Crippen LogP contribution in [0, 0.1) is 19.8 Å². The van der Waals surface area contributed by atoms with Crippen LogP contribution in [0.4, 0.5) is 11.4 Å². The molecule has 0 spiro atoms. The van der Waals surface area contributed by atoms with Crippen molar-refractivity contribution in [3.63, 3.8) is 0 Å². The zero-order valence-electron chi connectivity index (χ0n) is 20.2. The molecule has 0 amide bonds. The fourth-order valence-electron chi connectivity index (χ4n) is 4.31. The van der Waals surface area contributed by atoms with Crippen molar-refractivity contribution < 1.29 is 14.4 Å². The van der Waals surface area contributed by atoms with Crippen LogP contribution < -0.4 is 4.90 Å². The second-order valence-corrected chi connectivity index (χ2v) is 9.71. The summed E-state index contributed by atoms with van der Waals surface area (Å²) in [6, 6.07) is 22.0. The van der Waals surface area contributed by atoms with Crippen LogP contribution in [0.15, 0.2) is 71.3 Å². The van der Waals surface area contributed by atoms with Gasteiger partial charge in [0.25, 0.3) is 0 Å². The summed E-state index contributed by atoms with van der Waals surface area (Å²) in [6.07, 6.45) is 0. The van der Waals surface area contributed by atoms with Gasteiger partial charge in [-0.2, -0.15) is 4.98 Å². The number of hydrogen-bond donors (Lipinski definition) is 1. The van der Waals surface area contributed by atoms with Crippen molar-refractivity contribution in [2.24, 2.45) is 5.92 Å². The lowest BCUT2D eigenvalue weighted by atomic mass is 9.99. The lowest BCUT2D eigenvalue weighted by Gasteiger charge is -2.36. The van der Waals surface area contributed by atoms with Gasteiger partial charge in [0.1, 0.15) is 6.54 Å². The number of hydrogen-bond acceptors (Lipinski definition) is 6. The third-order valence-corrected chi connectivity index (χ3v) is 6.84. The fourth-order valence-corrected chi connectivity index (χ4v) is 4.50. The predicted octanol–water partition coefficient (Wildman–Crippen LogP) is 5.86. The van der Waals surface area contributed by atoms with Gasteiger partial charge in [-0.1, -0.05) is 53.2 Å². The van der Waals surface area contributed by atoms with Crippen LogP contribution in [0.3, 0.4) is 0 Å². The van der Waals surface area contributed by atoms with E-state index >= 15 is 0 Å². The maximum Gasteiger partial charge on any atom is 0.309 e. The molecule has 0 aliphatic carbocycles. The number of carboxylic acids is 1. The van der Waals surface area contributed by atoms with Gasteiger partial charge in [-0.05, 0) is 60.9 Å². The largest absolute Gasteiger partial charge is 0.481 e. The van der Waals surface area contributed by atoms with Crippen molar-refractivity contribution in [2.45, 2.75) is 26.9 Å². The van der Waals surface area contributed by atoms with Gasteiger partial charge in [-0.3, -0.25) is 9.69 Å². The Balaban J connectivity index is 1.32. The maximum absolute atomic E-state index is 11.0. The highest BCUT2D eigenvalue weighted by atomic mass is 35.5. The number of benzene rings is 3. The minimum absolute atomic E-state index is 0.252. The van der Waals surface area contributed by atoms with Gasteiger partial charge in [0.05, 0.1) is 5.92 Å². The first-order chi connectivity index (χ1) is 17.4. The number of likely N-dealkylation sites (tertiary alicyclic amines) is 1. The van der Waals surface area contributed by atoms with E-state index in [2.05, 4.69) is 52.0 Å². The van der Waals surface area contributed by atoms with Gasteiger partial charge >= 0.3 is 5.97 Å². The summed E-state index contributed by atoms with van der Waals surface area (Å²) < 4.78 is 5.63. The Kier molecular flexibility index (Phi) is 6.76. The molecule has 1 fully saturated rings. The average Bonchev–Trinajstić information content (AvgIpc) is 3.30. The van der Waals surface area contributed by atoms with Crippen LogP contribution in [-0.4, -0.2) is 39.2 Å². The summed E-state index contributed by atoms with van der Waals surface area (Å²) >= 11 is 6.29. The first-order valence-electron chi connectivity index (χ1n) is 11.8. The van der Waals surface area contributed by atoms with Crippen LogP contribution in [0.1, 0.15) is 22.6 Å². The first kappa shape index (κ1) is 24.0. The van der Waals surface area contributed by atoms with Crippen LogP contribution in [0.2, 0.25) is 5.02 Å². The molecule has 0 unspecified atom stereocenters. The molecule has 3 aromatic carbocycles. The lowest BCUT2D eigenvalue weighted by molar-refractivity contribution is -0.147. The summed E-state index contributed by atoms with van der Waals surface area (Å²) in [7, 11) is 0. The molecule has 2 heterocycles. The Bertz CT molecular complexity index is 1380. The first-order valence-corrected chi connectivity index (χ1v) is 12.2.